The van der Waals surface area contributed by atoms with Crippen molar-refractivity contribution in [2.45, 2.75) is 6.92 Å². The number of carbonyl (C=O) groups is 1. The molecule has 0 aromatic carbocycles. The number of aromatic nitrogens is 2. The number of imidazole rings is 1. The Bertz CT molecular complexity index is 507. The third-order valence-corrected chi connectivity index (χ3v) is 2.65. The molecule has 4 nitrogen and oxygen atoms in total. The smallest absolute Gasteiger partial charge is 0.374 e. The highest BCUT2D eigenvalue weighted by Gasteiger charge is 2.14. The zero-order chi connectivity index (χ0) is 10.8. The maximum atomic E-state index is 11.5. The first-order valence-corrected chi connectivity index (χ1v) is 5.32. The molecule has 0 N–H and O–H groups in total. The largest absolute Gasteiger partial charge is 0.460 e. The maximum absolute atomic E-state index is 11.5. The van der Waals surface area contributed by atoms with Crippen LogP contribution in [0, 0.1) is 0 Å². The molecule has 15 heavy (non-hydrogen) atoms. The van der Waals surface area contributed by atoms with Crippen molar-refractivity contribution in [3.05, 3.63) is 34.8 Å². The monoisotopic (exact) mass is 268 g/mol. The molecule has 0 aliphatic carbocycles. The Morgan fingerprint density at radius 2 is 2.47 bits per heavy atom. The normalized spacial score (nSPS) is 10.5. The van der Waals surface area contributed by atoms with Crippen molar-refractivity contribution in [2.75, 3.05) is 6.61 Å². The Morgan fingerprint density at radius 1 is 1.67 bits per heavy atom. The standard InChI is InChI=1S/C10H9BrN2O2/c1-2-15-10(14)9-12-6-8-7(11)4-3-5-13(8)9/h3-6H,2H2,1H3. The summed E-state index contributed by atoms with van der Waals surface area (Å²) in [5.74, 6) is -0.108. The zero-order valence-corrected chi connectivity index (χ0v) is 9.69. The molecule has 0 atom stereocenters. The van der Waals surface area contributed by atoms with E-state index < -0.39 is 5.97 Å². The molecular weight excluding hydrogens is 260 g/mol. The van der Waals surface area contributed by atoms with Crippen LogP contribution in [0.1, 0.15) is 17.5 Å². The number of rotatable bonds is 2. The van der Waals surface area contributed by atoms with Crippen LogP contribution in [0.2, 0.25) is 0 Å². The van der Waals surface area contributed by atoms with E-state index in [9.17, 15) is 4.79 Å². The van der Waals surface area contributed by atoms with Crippen molar-refractivity contribution in [2.24, 2.45) is 0 Å². The van der Waals surface area contributed by atoms with E-state index in [0.29, 0.717) is 12.4 Å². The van der Waals surface area contributed by atoms with Crippen LogP contribution in [0.4, 0.5) is 0 Å². The minimum Gasteiger partial charge on any atom is -0.460 e. The van der Waals surface area contributed by atoms with Crippen LogP contribution < -0.4 is 0 Å². The molecule has 0 saturated heterocycles. The average Bonchev–Trinajstić information content (AvgIpc) is 2.63. The van der Waals surface area contributed by atoms with Gasteiger partial charge in [0.1, 0.15) is 0 Å². The highest BCUT2D eigenvalue weighted by atomic mass is 79.9. The second-order valence-electron chi connectivity index (χ2n) is 2.91. The van der Waals surface area contributed by atoms with E-state index in [4.69, 9.17) is 4.74 Å². The number of fused-ring (bicyclic) bond motifs is 1. The quantitative estimate of drug-likeness (QED) is 0.785. The van der Waals surface area contributed by atoms with Crippen molar-refractivity contribution in [1.29, 1.82) is 0 Å². The SMILES string of the molecule is CCOC(=O)c1ncc2c(Br)cccn12. The highest BCUT2D eigenvalue weighted by Crippen LogP contribution is 2.18. The fourth-order valence-corrected chi connectivity index (χ4v) is 1.78. The molecule has 2 aromatic heterocycles. The molecular formula is C10H9BrN2O2. The summed E-state index contributed by atoms with van der Waals surface area (Å²) in [5.41, 5.74) is 0.848. The van der Waals surface area contributed by atoms with Gasteiger partial charge in [-0.05, 0) is 35.0 Å². The van der Waals surface area contributed by atoms with E-state index in [2.05, 4.69) is 20.9 Å². The molecule has 0 bridgehead atoms. The molecule has 0 aliphatic rings. The average molecular weight is 269 g/mol. The first kappa shape index (κ1) is 10.2. The van der Waals surface area contributed by atoms with Crippen molar-refractivity contribution >= 4 is 27.4 Å². The van der Waals surface area contributed by atoms with Gasteiger partial charge in [-0.3, -0.25) is 4.40 Å². The van der Waals surface area contributed by atoms with Gasteiger partial charge >= 0.3 is 5.97 Å². The first-order valence-electron chi connectivity index (χ1n) is 4.52. The van der Waals surface area contributed by atoms with Gasteiger partial charge < -0.3 is 4.74 Å². The van der Waals surface area contributed by atoms with Gasteiger partial charge in [0, 0.05) is 10.7 Å². The van der Waals surface area contributed by atoms with E-state index in [0.717, 1.165) is 9.99 Å². The van der Waals surface area contributed by atoms with E-state index in [-0.39, 0.29) is 0 Å². The number of esters is 1. The molecule has 2 aromatic rings. The Kier molecular flexibility index (Phi) is 2.73. The second-order valence-corrected chi connectivity index (χ2v) is 3.77. The predicted molar refractivity (Wildman–Crippen MR) is 58.8 cm³/mol. The van der Waals surface area contributed by atoms with Crippen LogP contribution in [0.5, 0.6) is 0 Å². The van der Waals surface area contributed by atoms with Gasteiger partial charge in [0.15, 0.2) is 0 Å². The van der Waals surface area contributed by atoms with Gasteiger partial charge in [0.05, 0.1) is 18.3 Å². The molecule has 0 aliphatic heterocycles. The number of hydrogen-bond acceptors (Lipinski definition) is 3. The summed E-state index contributed by atoms with van der Waals surface area (Å²) in [4.78, 5) is 15.5. The summed E-state index contributed by atoms with van der Waals surface area (Å²) >= 11 is 3.39. The molecule has 0 unspecified atom stereocenters. The molecule has 2 heterocycles. The van der Waals surface area contributed by atoms with Gasteiger partial charge in [-0.25, -0.2) is 9.78 Å². The number of halogens is 1. The first-order chi connectivity index (χ1) is 7.24. The van der Waals surface area contributed by atoms with Crippen LogP contribution >= 0.6 is 15.9 Å². The third-order valence-electron chi connectivity index (χ3n) is 1.98. The lowest BCUT2D eigenvalue weighted by atomic mass is 10.4. The summed E-state index contributed by atoms with van der Waals surface area (Å²) in [7, 11) is 0. The number of hydrogen-bond donors (Lipinski definition) is 0. The van der Waals surface area contributed by atoms with Gasteiger partial charge in [0.25, 0.3) is 0 Å². The van der Waals surface area contributed by atoms with Crippen LogP contribution in [0.15, 0.2) is 29.0 Å². The molecule has 5 heteroatoms. The van der Waals surface area contributed by atoms with Crippen molar-refractivity contribution in [3.8, 4) is 0 Å². The molecule has 0 amide bonds. The van der Waals surface area contributed by atoms with Crippen LogP contribution in [0.25, 0.3) is 5.52 Å². The van der Waals surface area contributed by atoms with E-state index >= 15 is 0 Å². The summed E-state index contributed by atoms with van der Waals surface area (Å²) in [6.45, 7) is 2.12. The van der Waals surface area contributed by atoms with Gasteiger partial charge in [-0.1, -0.05) is 0 Å². The summed E-state index contributed by atoms with van der Waals surface area (Å²) in [6, 6.07) is 3.73. The lowest BCUT2D eigenvalue weighted by molar-refractivity contribution is 0.0511. The minimum absolute atomic E-state index is 0.299. The topological polar surface area (TPSA) is 43.6 Å². The van der Waals surface area contributed by atoms with Gasteiger partial charge in [-0.15, -0.1) is 0 Å². The molecule has 2 rings (SSSR count). The number of pyridine rings is 1. The fourth-order valence-electron chi connectivity index (χ4n) is 1.33. The minimum atomic E-state index is -0.407. The Balaban J connectivity index is 2.54. The predicted octanol–water partition coefficient (Wildman–Crippen LogP) is 2.27. The molecule has 78 valence electrons. The molecule has 0 radical (unpaired) electrons. The van der Waals surface area contributed by atoms with Gasteiger partial charge in [0.2, 0.25) is 5.82 Å². The van der Waals surface area contributed by atoms with Gasteiger partial charge in [-0.2, -0.15) is 0 Å². The van der Waals surface area contributed by atoms with E-state index in [1.54, 1.807) is 23.7 Å². The Morgan fingerprint density at radius 3 is 3.20 bits per heavy atom. The Labute approximate surface area is 95.0 Å². The molecule has 0 saturated carbocycles. The third kappa shape index (κ3) is 1.74. The summed E-state index contributed by atoms with van der Waals surface area (Å²) < 4.78 is 7.49. The highest BCUT2D eigenvalue weighted by molar-refractivity contribution is 9.10. The van der Waals surface area contributed by atoms with Crippen LogP contribution in [0.3, 0.4) is 0 Å². The lowest BCUT2D eigenvalue weighted by Crippen LogP contribution is -2.09. The Hall–Kier alpha value is -1.36. The van der Waals surface area contributed by atoms with Crippen molar-refractivity contribution < 1.29 is 9.53 Å². The van der Waals surface area contributed by atoms with Crippen LogP contribution in [-0.4, -0.2) is 22.0 Å². The number of ether oxygens (including phenoxy) is 1. The summed E-state index contributed by atoms with van der Waals surface area (Å²) in [5, 5.41) is 0. The van der Waals surface area contributed by atoms with Crippen molar-refractivity contribution in [1.82, 2.24) is 9.38 Å². The number of nitrogens with zero attached hydrogens (tertiary/aromatic N) is 2. The second kappa shape index (κ2) is 4.02. The van der Waals surface area contributed by atoms with Crippen molar-refractivity contribution in [3.63, 3.8) is 0 Å². The zero-order valence-electron chi connectivity index (χ0n) is 8.11. The maximum Gasteiger partial charge on any atom is 0.374 e. The van der Waals surface area contributed by atoms with Crippen LogP contribution in [-0.2, 0) is 4.74 Å². The molecule has 0 fully saturated rings. The van der Waals surface area contributed by atoms with E-state index in [1.807, 2.05) is 12.1 Å². The lowest BCUT2D eigenvalue weighted by Gasteiger charge is -2.01. The van der Waals surface area contributed by atoms with E-state index in [1.165, 1.54) is 0 Å². The summed E-state index contributed by atoms with van der Waals surface area (Å²) in [6.07, 6.45) is 3.41. The fraction of sp³-hybridized carbons (Fsp3) is 0.200. The molecule has 0 spiro atoms. The number of carbonyl (C=O) groups excluding carboxylic acids is 1.